The number of carboxylic acid groups (broad SMARTS) is 1. The van der Waals surface area contributed by atoms with Crippen LogP contribution in [0.5, 0.6) is 0 Å². The predicted molar refractivity (Wildman–Crippen MR) is 117 cm³/mol. The minimum atomic E-state index is -1.02. The third-order valence-electron chi connectivity index (χ3n) is 5.18. The summed E-state index contributed by atoms with van der Waals surface area (Å²) in [5.74, 6) is -0.966. The van der Waals surface area contributed by atoms with Gasteiger partial charge in [-0.05, 0) is 49.2 Å². The Morgan fingerprint density at radius 1 is 1.14 bits per heavy atom. The number of aromatic nitrogens is 1. The molecule has 1 heterocycles. The first kappa shape index (κ1) is 20.9. The second kappa shape index (κ2) is 9.14. The van der Waals surface area contributed by atoms with Crippen LogP contribution < -0.4 is 5.32 Å². The average molecular weight is 413 g/mol. The summed E-state index contributed by atoms with van der Waals surface area (Å²) in [6.45, 7) is 4.16. The fraction of sp³-hybridized carbons (Fsp3) is 0.304. The second-order valence-corrected chi connectivity index (χ2v) is 7.57. The molecule has 2 aromatic carbocycles. The number of unbranched alkanes of at least 4 members (excludes halogenated alkanes) is 1. The molecule has 3 rings (SSSR count). The van der Waals surface area contributed by atoms with E-state index in [1.807, 2.05) is 42.0 Å². The number of rotatable bonds is 8. The van der Waals surface area contributed by atoms with Gasteiger partial charge < -0.3 is 15.0 Å². The normalized spacial score (nSPS) is 12.1. The van der Waals surface area contributed by atoms with E-state index in [1.165, 1.54) is 12.1 Å². The molecule has 3 aromatic rings. The van der Waals surface area contributed by atoms with Crippen LogP contribution in [0.4, 0.5) is 5.69 Å². The minimum absolute atomic E-state index is 0.00967. The van der Waals surface area contributed by atoms with E-state index in [0.717, 1.165) is 42.3 Å². The summed E-state index contributed by atoms with van der Waals surface area (Å²) in [4.78, 5) is 23.8. The summed E-state index contributed by atoms with van der Waals surface area (Å²) in [5, 5.41) is 13.5. The number of carboxylic acids is 1. The highest BCUT2D eigenvalue weighted by molar-refractivity contribution is 6.32. The summed E-state index contributed by atoms with van der Waals surface area (Å²) in [5.41, 5.74) is 2.44. The number of carbonyl (C=O) groups excluding carboxylic acids is 1. The van der Waals surface area contributed by atoms with Gasteiger partial charge in [-0.3, -0.25) is 4.79 Å². The van der Waals surface area contributed by atoms with E-state index in [9.17, 15) is 9.59 Å². The van der Waals surface area contributed by atoms with Crippen LogP contribution in [0.1, 0.15) is 49.9 Å². The highest BCUT2D eigenvalue weighted by Gasteiger charge is 2.17. The molecule has 152 valence electrons. The van der Waals surface area contributed by atoms with Crippen molar-refractivity contribution in [2.45, 2.75) is 39.5 Å². The van der Waals surface area contributed by atoms with Gasteiger partial charge in [0, 0.05) is 23.2 Å². The SMILES string of the molecule is CCCCC(CC)C(=O)Nc1ccc2ccn(-c3ccc(C(=O)O)cc3Cl)c2c1. The Bertz CT molecular complexity index is 1040. The first-order chi connectivity index (χ1) is 13.9. The number of carbonyl (C=O) groups is 2. The molecule has 1 amide bonds. The van der Waals surface area contributed by atoms with Gasteiger partial charge in [-0.25, -0.2) is 4.79 Å². The van der Waals surface area contributed by atoms with E-state index >= 15 is 0 Å². The zero-order valence-corrected chi connectivity index (χ0v) is 17.4. The predicted octanol–water partition coefficient (Wildman–Crippen LogP) is 6.14. The number of nitrogens with zero attached hydrogens (tertiary/aromatic N) is 1. The van der Waals surface area contributed by atoms with E-state index in [4.69, 9.17) is 16.7 Å². The van der Waals surface area contributed by atoms with Crippen LogP contribution in [0.15, 0.2) is 48.7 Å². The monoisotopic (exact) mass is 412 g/mol. The first-order valence-corrected chi connectivity index (χ1v) is 10.3. The summed E-state index contributed by atoms with van der Waals surface area (Å²) < 4.78 is 1.90. The van der Waals surface area contributed by atoms with Crippen LogP contribution in [-0.2, 0) is 4.79 Å². The van der Waals surface area contributed by atoms with Gasteiger partial charge in [0.1, 0.15) is 0 Å². The largest absolute Gasteiger partial charge is 0.478 e. The van der Waals surface area contributed by atoms with Gasteiger partial charge in [0.05, 0.1) is 21.8 Å². The summed E-state index contributed by atoms with van der Waals surface area (Å²) in [7, 11) is 0. The van der Waals surface area contributed by atoms with Crippen molar-refractivity contribution in [2.24, 2.45) is 5.92 Å². The number of halogens is 1. The third-order valence-corrected chi connectivity index (χ3v) is 5.49. The van der Waals surface area contributed by atoms with Gasteiger partial charge in [0.25, 0.3) is 0 Å². The maximum atomic E-state index is 12.6. The van der Waals surface area contributed by atoms with Gasteiger partial charge in [0.2, 0.25) is 5.91 Å². The Morgan fingerprint density at radius 3 is 2.59 bits per heavy atom. The molecule has 2 N–H and O–H groups in total. The van der Waals surface area contributed by atoms with E-state index in [0.29, 0.717) is 10.7 Å². The lowest BCUT2D eigenvalue weighted by Crippen LogP contribution is -2.22. The van der Waals surface area contributed by atoms with Gasteiger partial charge in [0.15, 0.2) is 0 Å². The van der Waals surface area contributed by atoms with Crippen LogP contribution in [0.3, 0.4) is 0 Å². The second-order valence-electron chi connectivity index (χ2n) is 7.17. The van der Waals surface area contributed by atoms with E-state index in [-0.39, 0.29) is 17.4 Å². The number of amides is 1. The standard InChI is InChI=1S/C23H25ClN2O3/c1-3-5-6-15(4-2)22(27)25-18-9-7-16-11-12-26(21(16)14-18)20-10-8-17(23(28)29)13-19(20)24/h7-15H,3-6H2,1-2H3,(H,25,27)(H,28,29). The number of hydrogen-bond donors (Lipinski definition) is 2. The molecule has 0 bridgehead atoms. The van der Waals surface area contributed by atoms with Crippen molar-refractivity contribution in [1.29, 1.82) is 0 Å². The van der Waals surface area contributed by atoms with Crippen molar-refractivity contribution in [3.05, 3.63) is 59.2 Å². The fourth-order valence-corrected chi connectivity index (χ4v) is 3.74. The molecule has 5 nitrogen and oxygen atoms in total. The highest BCUT2D eigenvalue weighted by atomic mass is 35.5. The number of fused-ring (bicyclic) bond motifs is 1. The molecule has 0 saturated carbocycles. The van der Waals surface area contributed by atoms with Gasteiger partial charge in [-0.2, -0.15) is 0 Å². The average Bonchev–Trinajstić information content (AvgIpc) is 3.11. The Labute approximate surface area is 175 Å². The fourth-order valence-electron chi connectivity index (χ4n) is 3.47. The summed E-state index contributed by atoms with van der Waals surface area (Å²) >= 11 is 6.34. The topological polar surface area (TPSA) is 71.3 Å². The Kier molecular flexibility index (Phi) is 6.60. The van der Waals surface area contributed by atoms with E-state index < -0.39 is 5.97 Å². The molecule has 29 heavy (non-hydrogen) atoms. The molecule has 1 aromatic heterocycles. The number of aromatic carboxylic acids is 1. The lowest BCUT2D eigenvalue weighted by atomic mass is 9.98. The van der Waals surface area contributed by atoms with Gasteiger partial charge >= 0.3 is 5.97 Å². The lowest BCUT2D eigenvalue weighted by Gasteiger charge is -2.15. The molecular formula is C23H25ClN2O3. The molecule has 1 atom stereocenters. The molecule has 0 aliphatic heterocycles. The molecule has 0 saturated heterocycles. The van der Waals surface area contributed by atoms with Crippen LogP contribution >= 0.6 is 11.6 Å². The molecule has 1 unspecified atom stereocenters. The smallest absolute Gasteiger partial charge is 0.335 e. The van der Waals surface area contributed by atoms with Crippen LogP contribution in [0.25, 0.3) is 16.6 Å². The van der Waals surface area contributed by atoms with E-state index in [2.05, 4.69) is 12.2 Å². The maximum Gasteiger partial charge on any atom is 0.335 e. The van der Waals surface area contributed by atoms with Crippen LogP contribution in [0.2, 0.25) is 5.02 Å². The molecule has 0 aliphatic rings. The highest BCUT2D eigenvalue weighted by Crippen LogP contribution is 2.29. The zero-order chi connectivity index (χ0) is 21.0. The van der Waals surface area contributed by atoms with Crippen molar-refractivity contribution in [2.75, 3.05) is 5.32 Å². The summed E-state index contributed by atoms with van der Waals surface area (Å²) in [6.07, 6.45) is 5.70. The molecule has 0 aliphatic carbocycles. The van der Waals surface area contributed by atoms with Crippen molar-refractivity contribution in [3.8, 4) is 5.69 Å². The van der Waals surface area contributed by atoms with Crippen molar-refractivity contribution >= 4 is 40.1 Å². The minimum Gasteiger partial charge on any atom is -0.478 e. The number of hydrogen-bond acceptors (Lipinski definition) is 2. The third kappa shape index (κ3) is 4.62. The quantitative estimate of drug-likeness (QED) is 0.467. The molecular weight excluding hydrogens is 388 g/mol. The number of anilines is 1. The van der Waals surface area contributed by atoms with Crippen LogP contribution in [0, 0.1) is 5.92 Å². The van der Waals surface area contributed by atoms with Gasteiger partial charge in [-0.15, -0.1) is 0 Å². The Morgan fingerprint density at radius 2 is 1.93 bits per heavy atom. The van der Waals surface area contributed by atoms with E-state index in [1.54, 1.807) is 6.07 Å². The molecule has 0 radical (unpaired) electrons. The maximum absolute atomic E-state index is 12.6. The molecule has 0 spiro atoms. The molecule has 6 heteroatoms. The Hall–Kier alpha value is -2.79. The van der Waals surface area contributed by atoms with Gasteiger partial charge in [-0.1, -0.05) is 44.4 Å². The van der Waals surface area contributed by atoms with Crippen LogP contribution in [-0.4, -0.2) is 21.6 Å². The Balaban J connectivity index is 1.91. The number of benzene rings is 2. The molecule has 0 fully saturated rings. The first-order valence-electron chi connectivity index (χ1n) is 9.89. The zero-order valence-electron chi connectivity index (χ0n) is 16.6. The van der Waals surface area contributed by atoms with Crippen molar-refractivity contribution in [1.82, 2.24) is 4.57 Å². The van der Waals surface area contributed by atoms with Crippen molar-refractivity contribution < 1.29 is 14.7 Å². The summed E-state index contributed by atoms with van der Waals surface area (Å²) in [6, 6.07) is 12.4. The lowest BCUT2D eigenvalue weighted by molar-refractivity contribution is -0.120. The number of nitrogens with one attached hydrogen (secondary N) is 1. The van der Waals surface area contributed by atoms with Crippen molar-refractivity contribution in [3.63, 3.8) is 0 Å².